The van der Waals surface area contributed by atoms with Gasteiger partial charge in [0.1, 0.15) is 11.6 Å². The van der Waals surface area contributed by atoms with E-state index in [-0.39, 0.29) is 23.9 Å². The molecule has 0 heterocycles. The van der Waals surface area contributed by atoms with Crippen molar-refractivity contribution in [1.29, 1.82) is 0 Å². The summed E-state index contributed by atoms with van der Waals surface area (Å²) >= 11 is 0. The van der Waals surface area contributed by atoms with Crippen molar-refractivity contribution in [3.05, 3.63) is 35.4 Å². The van der Waals surface area contributed by atoms with Gasteiger partial charge in [-0.15, -0.1) is 0 Å². The van der Waals surface area contributed by atoms with E-state index < -0.39 is 23.1 Å². The largest absolute Gasteiger partial charge is 0.349 e. The SMILES string of the molecule is CC(N)CCC(=O)NC(c1ccc(F)cc1F)C(C)(C)C. The third-order valence-corrected chi connectivity index (χ3v) is 3.27. The molecule has 3 nitrogen and oxygen atoms in total. The minimum Gasteiger partial charge on any atom is -0.349 e. The minimum absolute atomic E-state index is 0.0635. The highest BCUT2D eigenvalue weighted by Crippen LogP contribution is 2.34. The first-order valence-corrected chi connectivity index (χ1v) is 7.11. The van der Waals surface area contributed by atoms with Gasteiger partial charge >= 0.3 is 0 Å². The zero-order valence-electron chi connectivity index (χ0n) is 13.0. The van der Waals surface area contributed by atoms with E-state index in [0.717, 1.165) is 6.07 Å². The lowest BCUT2D eigenvalue weighted by Crippen LogP contribution is -2.37. The Morgan fingerprint density at radius 2 is 1.95 bits per heavy atom. The molecule has 0 spiro atoms. The molecular weight excluding hydrogens is 274 g/mol. The van der Waals surface area contributed by atoms with Crippen LogP contribution in [0.2, 0.25) is 0 Å². The molecule has 118 valence electrons. The van der Waals surface area contributed by atoms with E-state index in [1.54, 1.807) is 0 Å². The summed E-state index contributed by atoms with van der Waals surface area (Å²) < 4.78 is 27.0. The van der Waals surface area contributed by atoms with Crippen molar-refractivity contribution in [2.24, 2.45) is 11.1 Å². The monoisotopic (exact) mass is 298 g/mol. The lowest BCUT2D eigenvalue weighted by atomic mass is 9.82. The molecule has 0 saturated heterocycles. The number of nitrogens with two attached hydrogens (primary N) is 1. The van der Waals surface area contributed by atoms with Crippen LogP contribution in [-0.4, -0.2) is 11.9 Å². The molecule has 3 N–H and O–H groups in total. The number of rotatable bonds is 5. The number of nitrogens with one attached hydrogen (secondary N) is 1. The van der Waals surface area contributed by atoms with Crippen LogP contribution in [0.3, 0.4) is 0 Å². The van der Waals surface area contributed by atoms with E-state index in [4.69, 9.17) is 5.73 Å². The van der Waals surface area contributed by atoms with Gasteiger partial charge in [0, 0.05) is 24.1 Å². The average molecular weight is 298 g/mol. The second-order valence-electron chi connectivity index (χ2n) is 6.55. The molecule has 5 heteroatoms. The molecule has 0 aliphatic rings. The van der Waals surface area contributed by atoms with E-state index >= 15 is 0 Å². The number of benzene rings is 1. The van der Waals surface area contributed by atoms with Crippen LogP contribution >= 0.6 is 0 Å². The van der Waals surface area contributed by atoms with Crippen LogP contribution in [0.25, 0.3) is 0 Å². The van der Waals surface area contributed by atoms with Crippen LogP contribution < -0.4 is 11.1 Å². The number of carbonyl (C=O) groups excluding carboxylic acids is 1. The fourth-order valence-corrected chi connectivity index (χ4v) is 2.09. The summed E-state index contributed by atoms with van der Waals surface area (Å²) in [6.45, 7) is 7.51. The molecule has 0 aliphatic heterocycles. The Hall–Kier alpha value is -1.49. The van der Waals surface area contributed by atoms with E-state index in [0.29, 0.717) is 6.42 Å². The molecule has 1 aromatic carbocycles. The molecule has 0 aromatic heterocycles. The van der Waals surface area contributed by atoms with Crippen LogP contribution in [0, 0.1) is 17.0 Å². The first-order chi connectivity index (χ1) is 9.61. The van der Waals surface area contributed by atoms with Gasteiger partial charge in [-0.25, -0.2) is 8.78 Å². The van der Waals surface area contributed by atoms with Crippen molar-refractivity contribution in [2.75, 3.05) is 0 Å². The van der Waals surface area contributed by atoms with Gasteiger partial charge in [-0.1, -0.05) is 26.8 Å². The van der Waals surface area contributed by atoms with E-state index in [9.17, 15) is 13.6 Å². The summed E-state index contributed by atoms with van der Waals surface area (Å²) in [6.07, 6.45) is 0.849. The zero-order chi connectivity index (χ0) is 16.2. The zero-order valence-corrected chi connectivity index (χ0v) is 13.0. The van der Waals surface area contributed by atoms with Crippen LogP contribution in [-0.2, 0) is 4.79 Å². The fourth-order valence-electron chi connectivity index (χ4n) is 2.09. The van der Waals surface area contributed by atoms with Crippen molar-refractivity contribution in [3.8, 4) is 0 Å². The number of amides is 1. The van der Waals surface area contributed by atoms with Gasteiger partial charge in [-0.2, -0.15) is 0 Å². The Morgan fingerprint density at radius 3 is 2.43 bits per heavy atom. The summed E-state index contributed by atoms with van der Waals surface area (Å²) in [5, 5.41) is 2.83. The van der Waals surface area contributed by atoms with E-state index in [2.05, 4.69) is 5.32 Å². The summed E-state index contributed by atoms with van der Waals surface area (Å²) in [5.74, 6) is -1.47. The third-order valence-electron chi connectivity index (χ3n) is 3.27. The van der Waals surface area contributed by atoms with Gasteiger partial charge in [0.25, 0.3) is 0 Å². The summed E-state index contributed by atoms with van der Waals surface area (Å²) in [6, 6.07) is 2.82. The number of hydrogen-bond acceptors (Lipinski definition) is 2. The van der Waals surface area contributed by atoms with Gasteiger partial charge in [-0.05, 0) is 24.8 Å². The van der Waals surface area contributed by atoms with Gasteiger partial charge in [-0.3, -0.25) is 4.79 Å². The Morgan fingerprint density at radius 1 is 1.33 bits per heavy atom. The normalized spacial score (nSPS) is 14.6. The quantitative estimate of drug-likeness (QED) is 0.876. The Labute approximate surface area is 124 Å². The average Bonchev–Trinajstić information content (AvgIpc) is 2.33. The molecule has 21 heavy (non-hydrogen) atoms. The van der Waals surface area contributed by atoms with Crippen molar-refractivity contribution < 1.29 is 13.6 Å². The maximum atomic E-state index is 14.0. The molecule has 0 radical (unpaired) electrons. The molecule has 0 fully saturated rings. The summed E-state index contributed by atoms with van der Waals surface area (Å²) in [4.78, 5) is 12.0. The molecule has 1 aromatic rings. The second-order valence-corrected chi connectivity index (χ2v) is 6.55. The van der Waals surface area contributed by atoms with Crippen molar-refractivity contribution >= 4 is 5.91 Å². The molecule has 1 amide bonds. The molecule has 0 aliphatic carbocycles. The van der Waals surface area contributed by atoms with Crippen LogP contribution in [0.1, 0.15) is 52.1 Å². The van der Waals surface area contributed by atoms with E-state index in [1.807, 2.05) is 27.7 Å². The Bertz CT molecular complexity index is 496. The molecule has 0 bridgehead atoms. The Kier molecular flexibility index (Phi) is 5.84. The fraction of sp³-hybridized carbons (Fsp3) is 0.562. The first-order valence-electron chi connectivity index (χ1n) is 7.11. The molecule has 2 unspecified atom stereocenters. The number of hydrogen-bond donors (Lipinski definition) is 2. The van der Waals surface area contributed by atoms with Gasteiger partial charge in [0.15, 0.2) is 0 Å². The van der Waals surface area contributed by atoms with Crippen LogP contribution in [0.5, 0.6) is 0 Å². The smallest absolute Gasteiger partial charge is 0.220 e. The summed E-state index contributed by atoms with van der Waals surface area (Å²) in [7, 11) is 0. The van der Waals surface area contributed by atoms with E-state index in [1.165, 1.54) is 12.1 Å². The second kappa shape index (κ2) is 6.98. The minimum atomic E-state index is -0.651. The molecular formula is C16H24F2N2O. The molecule has 0 saturated carbocycles. The highest BCUT2D eigenvalue weighted by molar-refractivity contribution is 5.76. The third kappa shape index (κ3) is 5.42. The maximum Gasteiger partial charge on any atom is 0.220 e. The van der Waals surface area contributed by atoms with Gasteiger partial charge in [0.05, 0.1) is 6.04 Å². The molecule has 2 atom stereocenters. The Balaban J connectivity index is 2.94. The number of carbonyl (C=O) groups is 1. The summed E-state index contributed by atoms with van der Waals surface area (Å²) in [5.41, 5.74) is 5.52. The predicted octanol–water partition coefficient (Wildman–Crippen LogP) is 3.30. The predicted molar refractivity (Wildman–Crippen MR) is 79.6 cm³/mol. The van der Waals surface area contributed by atoms with Crippen molar-refractivity contribution in [1.82, 2.24) is 5.32 Å². The lowest BCUT2D eigenvalue weighted by Gasteiger charge is -2.32. The first kappa shape index (κ1) is 17.6. The topological polar surface area (TPSA) is 55.1 Å². The van der Waals surface area contributed by atoms with Gasteiger partial charge < -0.3 is 11.1 Å². The number of halogens is 2. The maximum absolute atomic E-state index is 14.0. The van der Waals surface area contributed by atoms with Crippen LogP contribution in [0.15, 0.2) is 18.2 Å². The van der Waals surface area contributed by atoms with Crippen molar-refractivity contribution in [3.63, 3.8) is 0 Å². The van der Waals surface area contributed by atoms with Crippen LogP contribution in [0.4, 0.5) is 8.78 Å². The standard InChI is InChI=1S/C16H24F2N2O/c1-10(19)5-8-14(21)20-15(16(2,3)4)12-7-6-11(17)9-13(12)18/h6-7,9-10,15H,5,8,19H2,1-4H3,(H,20,21). The lowest BCUT2D eigenvalue weighted by molar-refractivity contribution is -0.122. The molecule has 1 rings (SSSR count). The highest BCUT2D eigenvalue weighted by Gasteiger charge is 2.30. The highest BCUT2D eigenvalue weighted by atomic mass is 19.1. The van der Waals surface area contributed by atoms with Gasteiger partial charge in [0.2, 0.25) is 5.91 Å². The van der Waals surface area contributed by atoms with Crippen molar-refractivity contribution in [2.45, 2.75) is 52.6 Å².